The van der Waals surface area contributed by atoms with Crippen molar-refractivity contribution in [1.82, 2.24) is 4.98 Å². The van der Waals surface area contributed by atoms with Gasteiger partial charge in [0.25, 0.3) is 0 Å². The molecule has 7 heteroatoms. The Morgan fingerprint density at radius 1 is 1.43 bits per heavy atom. The summed E-state index contributed by atoms with van der Waals surface area (Å²) >= 11 is 5.38. The minimum absolute atomic E-state index is 0. The number of nitrogens with zero attached hydrogens (tertiary/aromatic N) is 1. The van der Waals surface area contributed by atoms with Crippen LogP contribution in [0, 0.1) is 0 Å². The Hall–Kier alpha value is -0.680. The number of hydrogen-bond donors (Lipinski definition) is 1. The molecule has 2 N–H and O–H groups in total. The molecular formula is C7H7Cl2F3N2. The molecule has 80 valence electrons. The average Bonchev–Trinajstić information content (AvgIpc) is 2.02. The molecule has 0 saturated heterocycles. The van der Waals surface area contributed by atoms with Crippen LogP contribution in [0.4, 0.5) is 18.9 Å². The highest BCUT2D eigenvalue weighted by molar-refractivity contribution is 6.17. The van der Waals surface area contributed by atoms with Crippen molar-refractivity contribution in [2.45, 2.75) is 12.1 Å². The number of halogens is 5. The quantitative estimate of drug-likeness (QED) is 0.775. The standard InChI is InChI=1S/C7H6ClF3N2.ClH/c8-2-6-5(12)1-4(3-13-6)7(9,10)11;/h1,3H,2,12H2;1H. The lowest BCUT2D eigenvalue weighted by atomic mass is 10.2. The maximum absolute atomic E-state index is 12.1. The van der Waals surface area contributed by atoms with Gasteiger partial charge in [-0.3, -0.25) is 4.98 Å². The van der Waals surface area contributed by atoms with E-state index < -0.39 is 11.7 Å². The number of aromatic nitrogens is 1. The fourth-order valence-corrected chi connectivity index (χ4v) is 1.00. The Bertz CT molecular complexity index is 314. The Kier molecular flexibility index (Phi) is 4.48. The lowest BCUT2D eigenvalue weighted by Crippen LogP contribution is -2.08. The Labute approximate surface area is 89.7 Å². The zero-order valence-corrected chi connectivity index (χ0v) is 8.38. The highest BCUT2D eigenvalue weighted by Crippen LogP contribution is 2.30. The fourth-order valence-electron chi connectivity index (χ4n) is 0.777. The molecule has 0 fully saturated rings. The van der Waals surface area contributed by atoms with Gasteiger partial charge in [-0.15, -0.1) is 24.0 Å². The van der Waals surface area contributed by atoms with Gasteiger partial charge in [0.05, 0.1) is 22.8 Å². The van der Waals surface area contributed by atoms with Gasteiger partial charge < -0.3 is 5.73 Å². The maximum atomic E-state index is 12.1. The van der Waals surface area contributed by atoms with Crippen LogP contribution < -0.4 is 5.73 Å². The Morgan fingerprint density at radius 3 is 2.36 bits per heavy atom. The summed E-state index contributed by atoms with van der Waals surface area (Å²) in [7, 11) is 0. The van der Waals surface area contributed by atoms with Gasteiger partial charge in [-0.2, -0.15) is 13.2 Å². The van der Waals surface area contributed by atoms with Gasteiger partial charge in [-0.1, -0.05) is 0 Å². The summed E-state index contributed by atoms with van der Waals surface area (Å²) in [6.45, 7) is 0. The topological polar surface area (TPSA) is 38.9 Å². The summed E-state index contributed by atoms with van der Waals surface area (Å²) in [6.07, 6.45) is -3.69. The van der Waals surface area contributed by atoms with E-state index in [9.17, 15) is 13.2 Å². The summed E-state index contributed by atoms with van der Waals surface area (Å²) in [5.41, 5.74) is 4.64. The smallest absolute Gasteiger partial charge is 0.397 e. The first-order valence-electron chi connectivity index (χ1n) is 3.32. The van der Waals surface area contributed by atoms with E-state index in [1.54, 1.807) is 0 Å². The summed E-state index contributed by atoms with van der Waals surface area (Å²) in [6, 6.07) is 0.824. The van der Waals surface area contributed by atoms with Crippen molar-refractivity contribution in [3.63, 3.8) is 0 Å². The van der Waals surface area contributed by atoms with Crippen LogP contribution in [0.15, 0.2) is 12.3 Å². The zero-order chi connectivity index (χ0) is 10.1. The molecule has 0 atom stereocenters. The maximum Gasteiger partial charge on any atom is 0.417 e. The molecule has 1 heterocycles. The van der Waals surface area contributed by atoms with Crippen LogP contribution in [0.3, 0.4) is 0 Å². The second-order valence-electron chi connectivity index (χ2n) is 2.39. The summed E-state index contributed by atoms with van der Waals surface area (Å²) in [4.78, 5) is 3.49. The highest BCUT2D eigenvalue weighted by atomic mass is 35.5. The molecule has 0 amide bonds. The second-order valence-corrected chi connectivity index (χ2v) is 2.66. The molecule has 0 aliphatic heterocycles. The summed E-state index contributed by atoms with van der Waals surface area (Å²) < 4.78 is 36.2. The number of alkyl halides is 4. The molecule has 0 aliphatic rings. The van der Waals surface area contributed by atoms with Crippen molar-refractivity contribution in [2.75, 3.05) is 5.73 Å². The van der Waals surface area contributed by atoms with E-state index in [4.69, 9.17) is 17.3 Å². The predicted molar refractivity (Wildman–Crippen MR) is 50.5 cm³/mol. The van der Waals surface area contributed by atoms with Crippen LogP contribution in [-0.2, 0) is 12.1 Å². The molecule has 2 nitrogen and oxygen atoms in total. The Balaban J connectivity index is 0.00000169. The van der Waals surface area contributed by atoms with E-state index >= 15 is 0 Å². The number of rotatable bonds is 1. The van der Waals surface area contributed by atoms with Crippen molar-refractivity contribution >= 4 is 29.7 Å². The summed E-state index contributed by atoms with van der Waals surface area (Å²) in [5.74, 6) is 0.00394. The third kappa shape index (κ3) is 2.92. The van der Waals surface area contributed by atoms with E-state index in [1.165, 1.54) is 0 Å². The zero-order valence-electron chi connectivity index (χ0n) is 6.81. The van der Waals surface area contributed by atoms with Gasteiger partial charge in [-0.05, 0) is 6.07 Å². The number of anilines is 1. The van der Waals surface area contributed by atoms with Crippen LogP contribution >= 0.6 is 24.0 Å². The first kappa shape index (κ1) is 13.3. The van der Waals surface area contributed by atoms with Gasteiger partial charge in [0, 0.05) is 6.20 Å². The first-order chi connectivity index (χ1) is 5.95. The van der Waals surface area contributed by atoms with Crippen LogP contribution in [0.5, 0.6) is 0 Å². The second kappa shape index (κ2) is 4.70. The average molecular weight is 247 g/mol. The van der Waals surface area contributed by atoms with E-state index in [0.717, 1.165) is 6.07 Å². The van der Waals surface area contributed by atoms with Gasteiger partial charge in [0.15, 0.2) is 0 Å². The van der Waals surface area contributed by atoms with E-state index in [0.29, 0.717) is 6.20 Å². The number of nitrogens with two attached hydrogens (primary N) is 1. The molecule has 1 aromatic rings. The van der Waals surface area contributed by atoms with Crippen molar-refractivity contribution in [1.29, 1.82) is 0 Å². The van der Waals surface area contributed by atoms with Gasteiger partial charge in [-0.25, -0.2) is 0 Å². The molecule has 0 saturated carbocycles. The van der Waals surface area contributed by atoms with Crippen molar-refractivity contribution in [2.24, 2.45) is 0 Å². The molecule has 0 unspecified atom stereocenters. The van der Waals surface area contributed by atoms with Gasteiger partial charge >= 0.3 is 6.18 Å². The normalized spacial score (nSPS) is 10.9. The molecule has 0 radical (unpaired) electrons. The van der Waals surface area contributed by atoms with Crippen LogP contribution in [0.2, 0.25) is 0 Å². The van der Waals surface area contributed by atoms with Crippen LogP contribution in [0.25, 0.3) is 0 Å². The van der Waals surface area contributed by atoms with Crippen LogP contribution in [-0.4, -0.2) is 4.98 Å². The molecule has 0 aromatic carbocycles. The van der Waals surface area contributed by atoms with Crippen molar-refractivity contribution < 1.29 is 13.2 Å². The molecular weight excluding hydrogens is 240 g/mol. The van der Waals surface area contributed by atoms with Crippen molar-refractivity contribution in [3.8, 4) is 0 Å². The first-order valence-corrected chi connectivity index (χ1v) is 3.86. The van der Waals surface area contributed by atoms with E-state index in [-0.39, 0.29) is 29.7 Å². The SMILES string of the molecule is Cl.Nc1cc(C(F)(F)F)cnc1CCl. The van der Waals surface area contributed by atoms with Crippen molar-refractivity contribution in [3.05, 3.63) is 23.5 Å². The third-order valence-corrected chi connectivity index (χ3v) is 1.71. The highest BCUT2D eigenvalue weighted by Gasteiger charge is 2.31. The molecule has 0 bridgehead atoms. The number of nitrogen functional groups attached to an aromatic ring is 1. The molecule has 1 rings (SSSR count). The lowest BCUT2D eigenvalue weighted by molar-refractivity contribution is -0.137. The van der Waals surface area contributed by atoms with Crippen LogP contribution in [0.1, 0.15) is 11.3 Å². The minimum atomic E-state index is -4.41. The van der Waals surface area contributed by atoms with Gasteiger partial charge in [0.2, 0.25) is 0 Å². The third-order valence-electron chi connectivity index (χ3n) is 1.46. The molecule has 0 spiro atoms. The predicted octanol–water partition coefficient (Wildman–Crippen LogP) is 2.84. The number of hydrogen-bond acceptors (Lipinski definition) is 2. The minimum Gasteiger partial charge on any atom is -0.397 e. The molecule has 1 aromatic heterocycles. The summed E-state index contributed by atoms with van der Waals surface area (Å²) in [5, 5.41) is 0. The van der Waals surface area contributed by atoms with E-state index in [1.807, 2.05) is 0 Å². The Morgan fingerprint density at radius 2 is 2.00 bits per heavy atom. The largest absolute Gasteiger partial charge is 0.417 e. The number of pyridine rings is 1. The van der Waals surface area contributed by atoms with Gasteiger partial charge in [0.1, 0.15) is 0 Å². The lowest BCUT2D eigenvalue weighted by Gasteiger charge is -2.08. The monoisotopic (exact) mass is 246 g/mol. The van der Waals surface area contributed by atoms with E-state index in [2.05, 4.69) is 4.98 Å². The molecule has 0 aliphatic carbocycles. The molecule has 14 heavy (non-hydrogen) atoms. The fraction of sp³-hybridized carbons (Fsp3) is 0.286.